The molecule has 1 atom stereocenters. The lowest BCUT2D eigenvalue weighted by atomic mass is 9.96. The maximum Gasteiger partial charge on any atom is 0.320 e. The third-order valence-corrected chi connectivity index (χ3v) is 5.29. The lowest BCUT2D eigenvalue weighted by Gasteiger charge is -2.35. The van der Waals surface area contributed by atoms with Crippen LogP contribution in [-0.4, -0.2) is 53.2 Å². The Morgan fingerprint density at radius 2 is 2.11 bits per heavy atom. The van der Waals surface area contributed by atoms with Crippen LogP contribution in [0.4, 0.5) is 0 Å². The van der Waals surface area contributed by atoms with Crippen molar-refractivity contribution in [1.82, 2.24) is 10.2 Å². The van der Waals surface area contributed by atoms with Crippen LogP contribution in [0.3, 0.4) is 0 Å². The van der Waals surface area contributed by atoms with Gasteiger partial charge in [-0.25, -0.2) is 0 Å². The summed E-state index contributed by atoms with van der Waals surface area (Å²) in [5.74, 6) is 0.780. The molecule has 1 saturated heterocycles. The van der Waals surface area contributed by atoms with Crippen molar-refractivity contribution >= 4 is 35.1 Å². The molecule has 2 rings (SSSR count). The molecule has 0 amide bonds. The van der Waals surface area contributed by atoms with E-state index in [1.807, 2.05) is 0 Å². The van der Waals surface area contributed by atoms with Crippen LogP contribution in [0.15, 0.2) is 0 Å². The van der Waals surface area contributed by atoms with Gasteiger partial charge in [-0.05, 0) is 25.1 Å². The van der Waals surface area contributed by atoms with E-state index in [2.05, 4.69) is 10.2 Å². The fourth-order valence-electron chi connectivity index (χ4n) is 2.62. The molecule has 0 aromatic rings. The molecule has 1 heterocycles. The highest BCUT2D eigenvalue weighted by molar-refractivity contribution is 8.00. The van der Waals surface area contributed by atoms with E-state index in [0.29, 0.717) is 12.6 Å². The van der Waals surface area contributed by atoms with E-state index in [1.165, 1.54) is 39.2 Å². The maximum atomic E-state index is 11.6. The van der Waals surface area contributed by atoms with Gasteiger partial charge in [-0.2, -0.15) is 0 Å². The second-order valence-electron chi connectivity index (χ2n) is 5.11. The number of rotatable bonds is 2. The van der Waals surface area contributed by atoms with Crippen LogP contribution in [0.5, 0.6) is 0 Å². The Morgan fingerprint density at radius 1 is 1.37 bits per heavy atom. The van der Waals surface area contributed by atoms with Crippen LogP contribution >= 0.6 is 24.0 Å². The summed E-state index contributed by atoms with van der Waals surface area (Å²) in [5.41, 5.74) is 0. The summed E-state index contributed by atoms with van der Waals surface area (Å²) in [4.78, 5) is 13.7. The molecule has 1 aliphatic heterocycles. The number of ether oxygens (including phenoxy) is 1. The van der Waals surface area contributed by atoms with E-state index in [0.717, 1.165) is 17.4 Å². The van der Waals surface area contributed by atoms with Crippen LogP contribution in [0.25, 0.3) is 0 Å². The van der Waals surface area contributed by atoms with Gasteiger partial charge in [0.25, 0.3) is 0 Å². The second kappa shape index (κ2) is 7.33. The molecule has 1 aliphatic carbocycles. The molecule has 0 bridgehead atoms. The van der Waals surface area contributed by atoms with E-state index in [1.54, 1.807) is 11.8 Å². The number of carbonyl (C=O) groups is 1. The van der Waals surface area contributed by atoms with E-state index in [4.69, 9.17) is 17.0 Å². The monoisotopic (exact) mass is 302 g/mol. The first kappa shape index (κ1) is 14.9. The molecule has 2 aliphatic rings. The van der Waals surface area contributed by atoms with Gasteiger partial charge in [-0.15, -0.1) is 11.8 Å². The van der Waals surface area contributed by atoms with Crippen LogP contribution < -0.4 is 5.32 Å². The Morgan fingerprint density at radius 3 is 2.79 bits per heavy atom. The normalized spacial score (nSPS) is 24.9. The first-order valence-electron chi connectivity index (χ1n) is 6.95. The third-order valence-electron chi connectivity index (χ3n) is 3.75. The van der Waals surface area contributed by atoms with Gasteiger partial charge in [0.2, 0.25) is 0 Å². The third kappa shape index (κ3) is 4.24. The summed E-state index contributed by atoms with van der Waals surface area (Å²) in [6, 6.07) is 0.521. The predicted molar refractivity (Wildman–Crippen MR) is 82.4 cm³/mol. The number of thioether (sulfide) groups is 1. The van der Waals surface area contributed by atoms with Crippen molar-refractivity contribution in [2.24, 2.45) is 0 Å². The Bertz CT molecular complexity index is 333. The molecule has 0 aromatic carbocycles. The number of hydrogen-bond donors (Lipinski definition) is 1. The maximum absolute atomic E-state index is 11.6. The zero-order valence-electron chi connectivity index (χ0n) is 11.4. The van der Waals surface area contributed by atoms with Gasteiger partial charge in [0.15, 0.2) is 5.11 Å². The van der Waals surface area contributed by atoms with Crippen molar-refractivity contribution in [3.63, 3.8) is 0 Å². The van der Waals surface area contributed by atoms with Crippen LogP contribution in [0.2, 0.25) is 0 Å². The zero-order valence-corrected chi connectivity index (χ0v) is 13.0. The smallest absolute Gasteiger partial charge is 0.320 e. The van der Waals surface area contributed by atoms with Crippen LogP contribution in [0, 0.1) is 0 Å². The lowest BCUT2D eigenvalue weighted by molar-refractivity contribution is -0.140. The summed E-state index contributed by atoms with van der Waals surface area (Å²) in [6.07, 6.45) is 6.35. The predicted octanol–water partition coefficient (Wildman–Crippen LogP) is 1.78. The van der Waals surface area contributed by atoms with Gasteiger partial charge < -0.3 is 15.0 Å². The minimum Gasteiger partial charge on any atom is -0.468 e. The first-order chi connectivity index (χ1) is 9.20. The van der Waals surface area contributed by atoms with Crippen molar-refractivity contribution in [2.45, 2.75) is 43.4 Å². The van der Waals surface area contributed by atoms with Gasteiger partial charge >= 0.3 is 5.97 Å². The summed E-state index contributed by atoms with van der Waals surface area (Å²) in [7, 11) is 1.44. The van der Waals surface area contributed by atoms with Crippen molar-refractivity contribution in [3.8, 4) is 0 Å². The lowest BCUT2D eigenvalue weighted by Crippen LogP contribution is -2.51. The number of thiocarbonyl (C=S) groups is 1. The number of nitrogens with zero attached hydrogens (tertiary/aromatic N) is 1. The average Bonchev–Trinajstić information content (AvgIpc) is 2.47. The van der Waals surface area contributed by atoms with E-state index in [-0.39, 0.29) is 11.2 Å². The molecule has 0 aromatic heterocycles. The molecule has 2 fully saturated rings. The highest BCUT2D eigenvalue weighted by atomic mass is 32.2. The van der Waals surface area contributed by atoms with Gasteiger partial charge in [-0.3, -0.25) is 4.79 Å². The first-order valence-corrected chi connectivity index (χ1v) is 8.41. The Balaban J connectivity index is 1.82. The van der Waals surface area contributed by atoms with Crippen molar-refractivity contribution in [3.05, 3.63) is 0 Å². The molecular weight excluding hydrogens is 280 g/mol. The summed E-state index contributed by atoms with van der Waals surface area (Å²) < 4.78 is 4.82. The minimum atomic E-state index is -0.143. The van der Waals surface area contributed by atoms with Crippen molar-refractivity contribution in [2.75, 3.05) is 26.0 Å². The summed E-state index contributed by atoms with van der Waals surface area (Å²) in [5, 5.41) is 4.16. The highest BCUT2D eigenvalue weighted by Gasteiger charge is 2.29. The Kier molecular flexibility index (Phi) is 5.76. The highest BCUT2D eigenvalue weighted by Crippen LogP contribution is 2.21. The largest absolute Gasteiger partial charge is 0.468 e. The molecule has 0 spiro atoms. The SMILES string of the molecule is COC(=O)[C@H]1CN(C(=S)NC2CCCCC2)CCS1. The summed E-state index contributed by atoms with van der Waals surface area (Å²) >= 11 is 7.14. The topological polar surface area (TPSA) is 41.6 Å². The fourth-order valence-corrected chi connectivity index (χ4v) is 4.08. The molecule has 108 valence electrons. The van der Waals surface area contributed by atoms with Crippen molar-refractivity contribution < 1.29 is 9.53 Å². The minimum absolute atomic E-state index is 0.107. The van der Waals surface area contributed by atoms with Gasteiger partial charge in [0.1, 0.15) is 5.25 Å². The van der Waals surface area contributed by atoms with Crippen LogP contribution in [0.1, 0.15) is 32.1 Å². The quantitative estimate of drug-likeness (QED) is 0.619. The van der Waals surface area contributed by atoms with Gasteiger partial charge in [-0.1, -0.05) is 19.3 Å². The van der Waals surface area contributed by atoms with E-state index >= 15 is 0 Å². The zero-order chi connectivity index (χ0) is 13.7. The molecular formula is C13H22N2O2S2. The molecule has 0 unspecified atom stereocenters. The molecule has 6 heteroatoms. The molecule has 4 nitrogen and oxygen atoms in total. The molecule has 1 N–H and O–H groups in total. The second-order valence-corrected chi connectivity index (χ2v) is 6.81. The molecule has 19 heavy (non-hydrogen) atoms. The number of hydrogen-bond acceptors (Lipinski definition) is 4. The molecule has 1 saturated carbocycles. The number of nitrogens with one attached hydrogen (secondary N) is 1. The number of methoxy groups -OCH3 is 1. The van der Waals surface area contributed by atoms with Crippen LogP contribution in [-0.2, 0) is 9.53 Å². The van der Waals surface area contributed by atoms with Gasteiger partial charge in [0, 0.05) is 24.9 Å². The standard InChI is InChI=1S/C13H22N2O2S2/c1-17-12(16)11-9-15(7-8-19-11)13(18)14-10-5-3-2-4-6-10/h10-11H,2-9H2,1H3,(H,14,18)/t11-/m1/s1. The van der Waals surface area contributed by atoms with Crippen molar-refractivity contribution in [1.29, 1.82) is 0 Å². The average molecular weight is 302 g/mol. The number of carbonyl (C=O) groups excluding carboxylic acids is 1. The summed E-state index contributed by atoms with van der Waals surface area (Å²) in [6.45, 7) is 1.58. The van der Waals surface area contributed by atoms with E-state index in [9.17, 15) is 4.79 Å². The van der Waals surface area contributed by atoms with Gasteiger partial charge in [0.05, 0.1) is 7.11 Å². The Hall–Kier alpha value is -0.490. The molecule has 0 radical (unpaired) electrons. The van der Waals surface area contributed by atoms with E-state index < -0.39 is 0 Å². The fraction of sp³-hybridized carbons (Fsp3) is 0.846. The Labute approximate surface area is 124 Å². The number of esters is 1.